The van der Waals surface area contributed by atoms with E-state index in [9.17, 15) is 9.59 Å². The van der Waals surface area contributed by atoms with Gasteiger partial charge >= 0.3 is 0 Å². The van der Waals surface area contributed by atoms with Gasteiger partial charge in [-0.25, -0.2) is 0 Å². The number of unbranched alkanes of at least 4 members (excludes halogenated alkanes) is 1. The molecule has 2 aromatic rings. The monoisotopic (exact) mass is 325 g/mol. The maximum Gasteiger partial charge on any atom is 0.257 e. The van der Waals surface area contributed by atoms with Gasteiger partial charge in [0, 0.05) is 31.7 Å². The topological polar surface area (TPSA) is 62.3 Å². The van der Waals surface area contributed by atoms with E-state index < -0.39 is 0 Å². The lowest BCUT2D eigenvalue weighted by Gasteiger charge is -2.16. The Bertz CT molecular complexity index is 728. The minimum absolute atomic E-state index is 0.124. The summed E-state index contributed by atoms with van der Waals surface area (Å²) in [6, 6.07) is 9.14. The van der Waals surface area contributed by atoms with Crippen molar-refractivity contribution in [2.45, 2.75) is 26.7 Å². The number of benzene rings is 1. The summed E-state index contributed by atoms with van der Waals surface area (Å²) >= 11 is 0. The quantitative estimate of drug-likeness (QED) is 0.884. The Morgan fingerprint density at radius 1 is 1.17 bits per heavy atom. The number of hydrogen-bond donors (Lipinski definition) is 1. The van der Waals surface area contributed by atoms with E-state index in [0.29, 0.717) is 17.7 Å². The highest BCUT2D eigenvalue weighted by Gasteiger charge is 2.14. The minimum atomic E-state index is -0.279. The number of aromatic nitrogens is 1. The lowest BCUT2D eigenvalue weighted by atomic mass is 10.1. The second-order valence-corrected chi connectivity index (χ2v) is 5.87. The fourth-order valence-corrected chi connectivity index (χ4v) is 2.32. The van der Waals surface area contributed by atoms with Crippen molar-refractivity contribution in [3.8, 4) is 0 Å². The van der Waals surface area contributed by atoms with Crippen molar-refractivity contribution >= 4 is 17.5 Å². The van der Waals surface area contributed by atoms with Crippen molar-refractivity contribution in [1.29, 1.82) is 0 Å². The lowest BCUT2D eigenvalue weighted by molar-refractivity contribution is 0.0793. The molecular formula is C19H23N3O2. The summed E-state index contributed by atoms with van der Waals surface area (Å²) < 4.78 is 0. The number of hydrogen-bond acceptors (Lipinski definition) is 3. The van der Waals surface area contributed by atoms with Crippen LogP contribution in [0.25, 0.3) is 0 Å². The molecule has 5 heteroatoms. The molecule has 126 valence electrons. The van der Waals surface area contributed by atoms with Crippen LogP contribution in [-0.2, 0) is 0 Å². The van der Waals surface area contributed by atoms with Crippen LogP contribution in [0, 0.1) is 6.92 Å². The maximum absolute atomic E-state index is 12.4. The van der Waals surface area contributed by atoms with Gasteiger partial charge in [-0.05, 0) is 37.1 Å². The standard InChI is InChI=1S/C19H23N3O2/c1-4-5-9-22(3)19(24)16-11-15(12-20-13-16)18(23)21-17-8-6-7-14(2)10-17/h6-8,10-13H,4-5,9H2,1-3H3,(H,21,23). The highest BCUT2D eigenvalue weighted by molar-refractivity contribution is 6.05. The van der Waals surface area contributed by atoms with E-state index in [1.165, 1.54) is 12.4 Å². The SMILES string of the molecule is CCCCN(C)C(=O)c1cncc(C(=O)Nc2cccc(C)c2)c1. The van der Waals surface area contributed by atoms with Gasteiger partial charge in [0.25, 0.3) is 11.8 Å². The van der Waals surface area contributed by atoms with Crippen LogP contribution in [0.15, 0.2) is 42.7 Å². The smallest absolute Gasteiger partial charge is 0.257 e. The van der Waals surface area contributed by atoms with Crippen molar-refractivity contribution in [3.05, 3.63) is 59.4 Å². The molecule has 5 nitrogen and oxygen atoms in total. The van der Waals surface area contributed by atoms with E-state index in [4.69, 9.17) is 0 Å². The molecule has 0 aliphatic carbocycles. The van der Waals surface area contributed by atoms with E-state index >= 15 is 0 Å². The first kappa shape index (κ1) is 17.7. The molecule has 0 radical (unpaired) electrons. The second kappa shape index (κ2) is 8.24. The van der Waals surface area contributed by atoms with Gasteiger partial charge in [0.2, 0.25) is 0 Å². The molecule has 2 rings (SSSR count). The summed E-state index contributed by atoms with van der Waals surface area (Å²) in [6.45, 7) is 4.73. The van der Waals surface area contributed by atoms with Crippen molar-refractivity contribution in [2.24, 2.45) is 0 Å². The van der Waals surface area contributed by atoms with Gasteiger partial charge in [0.1, 0.15) is 0 Å². The molecular weight excluding hydrogens is 302 g/mol. The Morgan fingerprint density at radius 2 is 1.92 bits per heavy atom. The zero-order valence-corrected chi connectivity index (χ0v) is 14.4. The predicted octanol–water partition coefficient (Wildman–Crippen LogP) is 3.51. The Morgan fingerprint density at radius 3 is 2.62 bits per heavy atom. The summed E-state index contributed by atoms with van der Waals surface area (Å²) in [5.74, 6) is -0.403. The number of rotatable bonds is 6. The number of amides is 2. The number of aryl methyl sites for hydroxylation is 1. The summed E-state index contributed by atoms with van der Waals surface area (Å²) in [4.78, 5) is 30.4. The van der Waals surface area contributed by atoms with E-state index in [1.807, 2.05) is 31.2 Å². The average molecular weight is 325 g/mol. The van der Waals surface area contributed by atoms with E-state index in [0.717, 1.165) is 24.1 Å². The van der Waals surface area contributed by atoms with Crippen LogP contribution >= 0.6 is 0 Å². The fourth-order valence-electron chi connectivity index (χ4n) is 2.32. The molecule has 0 spiro atoms. The molecule has 0 unspecified atom stereocenters. The number of anilines is 1. The number of carbonyl (C=O) groups is 2. The van der Waals surface area contributed by atoms with Gasteiger partial charge < -0.3 is 10.2 Å². The predicted molar refractivity (Wildman–Crippen MR) is 95.2 cm³/mol. The van der Waals surface area contributed by atoms with Crippen LogP contribution in [-0.4, -0.2) is 35.3 Å². The summed E-state index contributed by atoms with van der Waals surface area (Å²) in [6.07, 6.45) is 4.93. The van der Waals surface area contributed by atoms with Crippen LogP contribution in [0.5, 0.6) is 0 Å². The fraction of sp³-hybridized carbons (Fsp3) is 0.316. The van der Waals surface area contributed by atoms with Crippen molar-refractivity contribution in [2.75, 3.05) is 18.9 Å². The molecule has 0 bridgehead atoms. The largest absolute Gasteiger partial charge is 0.342 e. The van der Waals surface area contributed by atoms with E-state index in [1.54, 1.807) is 18.0 Å². The van der Waals surface area contributed by atoms with Crippen molar-refractivity contribution < 1.29 is 9.59 Å². The van der Waals surface area contributed by atoms with Gasteiger partial charge in [-0.15, -0.1) is 0 Å². The van der Waals surface area contributed by atoms with Gasteiger partial charge in [0.05, 0.1) is 11.1 Å². The number of nitrogens with zero attached hydrogens (tertiary/aromatic N) is 2. The van der Waals surface area contributed by atoms with Crippen LogP contribution in [0.4, 0.5) is 5.69 Å². The van der Waals surface area contributed by atoms with E-state index in [2.05, 4.69) is 17.2 Å². The molecule has 1 heterocycles. The van der Waals surface area contributed by atoms with Gasteiger partial charge in [0.15, 0.2) is 0 Å². The Balaban J connectivity index is 2.11. The molecule has 0 saturated carbocycles. The first-order valence-electron chi connectivity index (χ1n) is 8.09. The molecule has 0 atom stereocenters. The third-order valence-electron chi connectivity index (χ3n) is 3.72. The van der Waals surface area contributed by atoms with Crippen LogP contribution < -0.4 is 5.32 Å². The minimum Gasteiger partial charge on any atom is -0.342 e. The molecule has 0 fully saturated rings. The summed E-state index contributed by atoms with van der Waals surface area (Å²) in [5, 5.41) is 2.82. The van der Waals surface area contributed by atoms with Gasteiger partial charge in [-0.3, -0.25) is 14.6 Å². The first-order chi connectivity index (χ1) is 11.5. The summed E-state index contributed by atoms with van der Waals surface area (Å²) in [7, 11) is 1.76. The number of pyridine rings is 1. The molecule has 0 aliphatic rings. The Labute approximate surface area is 142 Å². The van der Waals surface area contributed by atoms with Crippen LogP contribution in [0.3, 0.4) is 0 Å². The van der Waals surface area contributed by atoms with Gasteiger partial charge in [-0.2, -0.15) is 0 Å². The average Bonchev–Trinajstić information content (AvgIpc) is 2.59. The number of nitrogens with one attached hydrogen (secondary N) is 1. The van der Waals surface area contributed by atoms with Crippen molar-refractivity contribution in [3.63, 3.8) is 0 Å². The molecule has 1 aromatic heterocycles. The second-order valence-electron chi connectivity index (χ2n) is 5.87. The third kappa shape index (κ3) is 4.65. The molecule has 0 aliphatic heterocycles. The zero-order chi connectivity index (χ0) is 17.5. The van der Waals surface area contributed by atoms with Gasteiger partial charge in [-0.1, -0.05) is 25.5 Å². The lowest BCUT2D eigenvalue weighted by Crippen LogP contribution is -2.28. The van der Waals surface area contributed by atoms with Crippen LogP contribution in [0.1, 0.15) is 46.0 Å². The Hall–Kier alpha value is -2.69. The van der Waals surface area contributed by atoms with Crippen molar-refractivity contribution in [1.82, 2.24) is 9.88 Å². The highest BCUT2D eigenvalue weighted by atomic mass is 16.2. The molecule has 2 amide bonds. The first-order valence-corrected chi connectivity index (χ1v) is 8.09. The molecule has 0 saturated heterocycles. The maximum atomic E-state index is 12.4. The van der Waals surface area contributed by atoms with E-state index in [-0.39, 0.29) is 11.8 Å². The molecule has 1 N–H and O–H groups in total. The summed E-state index contributed by atoms with van der Waals surface area (Å²) in [5.41, 5.74) is 2.57. The number of carbonyl (C=O) groups excluding carboxylic acids is 2. The molecule has 24 heavy (non-hydrogen) atoms. The highest BCUT2D eigenvalue weighted by Crippen LogP contribution is 2.13. The normalized spacial score (nSPS) is 10.3. The molecule has 1 aromatic carbocycles. The Kier molecular flexibility index (Phi) is 6.07. The zero-order valence-electron chi connectivity index (χ0n) is 14.4. The third-order valence-corrected chi connectivity index (χ3v) is 3.72. The van der Waals surface area contributed by atoms with Crippen LogP contribution in [0.2, 0.25) is 0 Å².